The monoisotopic (exact) mass is 261 g/mol. The number of anilines is 1. The third-order valence-corrected chi connectivity index (χ3v) is 2.90. The van der Waals surface area contributed by atoms with Crippen molar-refractivity contribution in [3.8, 4) is 5.69 Å². The molecular weight excluding hydrogens is 246 g/mol. The molecular formula is C12H15N5O2. The van der Waals surface area contributed by atoms with Gasteiger partial charge in [-0.15, -0.1) is 5.10 Å². The number of nitrogens with two attached hydrogens (primary N) is 1. The van der Waals surface area contributed by atoms with Gasteiger partial charge in [-0.2, -0.15) is 0 Å². The van der Waals surface area contributed by atoms with Gasteiger partial charge in [0.1, 0.15) is 0 Å². The molecule has 1 aromatic heterocycles. The maximum atomic E-state index is 10.8. The number of nitro groups is 1. The summed E-state index contributed by atoms with van der Waals surface area (Å²) in [5, 5.41) is 18.7. The van der Waals surface area contributed by atoms with Crippen molar-refractivity contribution in [3.05, 3.63) is 39.6 Å². The van der Waals surface area contributed by atoms with Crippen molar-refractivity contribution in [2.24, 2.45) is 0 Å². The van der Waals surface area contributed by atoms with E-state index in [9.17, 15) is 10.1 Å². The van der Waals surface area contributed by atoms with Crippen LogP contribution in [0.15, 0.2) is 18.2 Å². The minimum Gasteiger partial charge on any atom is -0.381 e. The van der Waals surface area contributed by atoms with E-state index in [0.29, 0.717) is 11.4 Å². The van der Waals surface area contributed by atoms with E-state index in [1.165, 1.54) is 6.07 Å². The molecule has 0 aliphatic rings. The average Bonchev–Trinajstić information content (AvgIpc) is 2.70. The average molecular weight is 261 g/mol. The maximum absolute atomic E-state index is 10.8. The van der Waals surface area contributed by atoms with Crippen LogP contribution in [-0.4, -0.2) is 19.9 Å². The fourth-order valence-corrected chi connectivity index (χ4v) is 2.01. The van der Waals surface area contributed by atoms with Crippen LogP contribution in [0.5, 0.6) is 0 Å². The Morgan fingerprint density at radius 2 is 2.11 bits per heavy atom. The maximum Gasteiger partial charge on any atom is 0.272 e. The van der Waals surface area contributed by atoms with Gasteiger partial charge in [-0.25, -0.2) is 4.68 Å². The summed E-state index contributed by atoms with van der Waals surface area (Å²) in [4.78, 5) is 10.4. The number of rotatable bonds is 3. The molecule has 1 heterocycles. The van der Waals surface area contributed by atoms with Crippen LogP contribution in [0, 0.1) is 17.0 Å². The molecule has 7 nitrogen and oxygen atoms in total. The largest absolute Gasteiger partial charge is 0.381 e. The zero-order valence-electron chi connectivity index (χ0n) is 11.0. The van der Waals surface area contributed by atoms with E-state index in [4.69, 9.17) is 5.73 Å². The summed E-state index contributed by atoms with van der Waals surface area (Å²) in [6, 6.07) is 4.82. The van der Waals surface area contributed by atoms with E-state index in [-0.39, 0.29) is 11.6 Å². The molecule has 2 N–H and O–H groups in total. The van der Waals surface area contributed by atoms with Crippen LogP contribution < -0.4 is 5.73 Å². The highest BCUT2D eigenvalue weighted by Crippen LogP contribution is 2.25. The zero-order chi connectivity index (χ0) is 14.2. The molecule has 0 amide bonds. The van der Waals surface area contributed by atoms with Gasteiger partial charge in [0.25, 0.3) is 5.69 Å². The van der Waals surface area contributed by atoms with E-state index in [0.717, 1.165) is 11.4 Å². The SMILES string of the molecule is Cc1cc(-n2nnc(N)c2C(C)C)ccc1[N+](=O)[O-]. The van der Waals surface area contributed by atoms with Gasteiger partial charge in [0, 0.05) is 11.6 Å². The summed E-state index contributed by atoms with van der Waals surface area (Å²) in [6.07, 6.45) is 0. The van der Waals surface area contributed by atoms with E-state index in [1.54, 1.807) is 23.7 Å². The van der Waals surface area contributed by atoms with Gasteiger partial charge < -0.3 is 5.73 Å². The number of hydrogen-bond donors (Lipinski definition) is 1. The fraction of sp³-hybridized carbons (Fsp3) is 0.333. The second-order valence-corrected chi connectivity index (χ2v) is 4.65. The van der Waals surface area contributed by atoms with Crippen molar-refractivity contribution < 1.29 is 4.92 Å². The summed E-state index contributed by atoms with van der Waals surface area (Å²) in [6.45, 7) is 5.67. The van der Waals surface area contributed by atoms with Gasteiger partial charge in [-0.05, 0) is 25.0 Å². The van der Waals surface area contributed by atoms with Crippen molar-refractivity contribution in [3.63, 3.8) is 0 Å². The van der Waals surface area contributed by atoms with Crippen molar-refractivity contribution in [1.82, 2.24) is 15.0 Å². The standard InChI is InChI=1S/C12H15N5O2/c1-7(2)11-12(13)14-15-16(11)9-4-5-10(17(18)19)8(3)6-9/h4-7H,13H2,1-3H3. The van der Waals surface area contributed by atoms with Crippen LogP contribution in [0.2, 0.25) is 0 Å². The smallest absolute Gasteiger partial charge is 0.272 e. The van der Waals surface area contributed by atoms with E-state index < -0.39 is 4.92 Å². The van der Waals surface area contributed by atoms with Crippen LogP contribution in [-0.2, 0) is 0 Å². The summed E-state index contributed by atoms with van der Waals surface area (Å²) in [5.41, 5.74) is 7.97. The summed E-state index contributed by atoms with van der Waals surface area (Å²) in [7, 11) is 0. The minimum atomic E-state index is -0.405. The van der Waals surface area contributed by atoms with Gasteiger partial charge in [0.2, 0.25) is 0 Å². The Hall–Kier alpha value is -2.44. The summed E-state index contributed by atoms with van der Waals surface area (Å²) < 4.78 is 1.62. The quantitative estimate of drug-likeness (QED) is 0.674. The van der Waals surface area contributed by atoms with Crippen molar-refractivity contribution in [2.45, 2.75) is 26.7 Å². The molecule has 2 rings (SSSR count). The number of aryl methyl sites for hydroxylation is 1. The molecule has 0 bridgehead atoms. The van der Waals surface area contributed by atoms with E-state index >= 15 is 0 Å². The lowest BCUT2D eigenvalue weighted by atomic mass is 10.1. The molecule has 2 aromatic rings. The van der Waals surface area contributed by atoms with Gasteiger partial charge in [-0.3, -0.25) is 10.1 Å². The first-order chi connectivity index (χ1) is 8.91. The van der Waals surface area contributed by atoms with Crippen LogP contribution in [0.4, 0.5) is 11.5 Å². The third-order valence-electron chi connectivity index (χ3n) is 2.90. The summed E-state index contributed by atoms with van der Waals surface area (Å²) >= 11 is 0. The Balaban J connectivity index is 2.54. The Kier molecular flexibility index (Phi) is 3.20. The molecule has 0 spiro atoms. The third kappa shape index (κ3) is 2.26. The molecule has 0 fully saturated rings. The van der Waals surface area contributed by atoms with Crippen molar-refractivity contribution >= 4 is 11.5 Å². The van der Waals surface area contributed by atoms with Gasteiger partial charge in [-0.1, -0.05) is 19.1 Å². The number of nitro benzene ring substituents is 1. The zero-order valence-corrected chi connectivity index (χ0v) is 11.0. The molecule has 0 atom stereocenters. The molecule has 0 saturated carbocycles. The van der Waals surface area contributed by atoms with Crippen molar-refractivity contribution in [1.29, 1.82) is 0 Å². The first-order valence-electron chi connectivity index (χ1n) is 5.88. The lowest BCUT2D eigenvalue weighted by Gasteiger charge is -2.10. The first-order valence-corrected chi connectivity index (χ1v) is 5.88. The first kappa shape index (κ1) is 13.0. The second kappa shape index (κ2) is 4.68. The Morgan fingerprint density at radius 1 is 1.42 bits per heavy atom. The van der Waals surface area contributed by atoms with Crippen molar-refractivity contribution in [2.75, 3.05) is 5.73 Å². The molecule has 1 aromatic carbocycles. The number of benzene rings is 1. The van der Waals surface area contributed by atoms with E-state index in [1.807, 2.05) is 13.8 Å². The molecule has 0 aliphatic carbocycles. The lowest BCUT2D eigenvalue weighted by Crippen LogP contribution is -2.06. The predicted octanol–water partition coefficient (Wildman–Crippen LogP) is 2.19. The lowest BCUT2D eigenvalue weighted by molar-refractivity contribution is -0.385. The normalized spacial score (nSPS) is 10.9. The highest BCUT2D eigenvalue weighted by molar-refractivity contribution is 5.49. The highest BCUT2D eigenvalue weighted by atomic mass is 16.6. The van der Waals surface area contributed by atoms with Gasteiger partial charge in [0.15, 0.2) is 5.82 Å². The minimum absolute atomic E-state index is 0.0861. The molecule has 0 radical (unpaired) electrons. The van der Waals surface area contributed by atoms with Crippen LogP contribution in [0.3, 0.4) is 0 Å². The van der Waals surface area contributed by atoms with Crippen LogP contribution in [0.25, 0.3) is 5.69 Å². The predicted molar refractivity (Wildman–Crippen MR) is 71.3 cm³/mol. The number of hydrogen-bond acceptors (Lipinski definition) is 5. The van der Waals surface area contributed by atoms with Gasteiger partial charge in [0.05, 0.1) is 16.3 Å². The number of nitrogens with zero attached hydrogens (tertiary/aromatic N) is 4. The molecule has 7 heteroatoms. The Morgan fingerprint density at radius 3 is 2.63 bits per heavy atom. The molecule has 0 aliphatic heterocycles. The van der Waals surface area contributed by atoms with Crippen LogP contribution >= 0.6 is 0 Å². The van der Waals surface area contributed by atoms with E-state index in [2.05, 4.69) is 10.3 Å². The summed E-state index contributed by atoms with van der Waals surface area (Å²) in [5.74, 6) is 0.538. The Labute approximate surface area is 110 Å². The second-order valence-electron chi connectivity index (χ2n) is 4.65. The topological polar surface area (TPSA) is 99.9 Å². The highest BCUT2D eigenvalue weighted by Gasteiger charge is 2.17. The number of nitrogen functional groups attached to an aromatic ring is 1. The molecule has 19 heavy (non-hydrogen) atoms. The molecule has 0 unspecified atom stereocenters. The van der Waals surface area contributed by atoms with Crippen LogP contribution in [0.1, 0.15) is 31.0 Å². The fourth-order valence-electron chi connectivity index (χ4n) is 2.01. The number of aromatic nitrogens is 3. The molecule has 0 saturated heterocycles. The Bertz CT molecular complexity index is 633. The van der Waals surface area contributed by atoms with Gasteiger partial charge >= 0.3 is 0 Å². The molecule has 100 valence electrons.